The maximum Gasteiger partial charge on any atom is 0.138 e. The van der Waals surface area contributed by atoms with Gasteiger partial charge in [0, 0.05) is 11.8 Å². The summed E-state index contributed by atoms with van der Waals surface area (Å²) < 4.78 is 2.10. The van der Waals surface area contributed by atoms with E-state index in [1.54, 1.807) is 0 Å². The van der Waals surface area contributed by atoms with Gasteiger partial charge in [-0.2, -0.15) is 10.0 Å². The van der Waals surface area contributed by atoms with Crippen LogP contribution in [0.4, 0.5) is 0 Å². The molecule has 0 radical (unpaired) electrons. The summed E-state index contributed by atoms with van der Waals surface area (Å²) in [7, 11) is -0.880. The number of rotatable bonds is 2. The Kier molecular flexibility index (Phi) is 3.66. The van der Waals surface area contributed by atoms with E-state index in [4.69, 9.17) is 4.98 Å². The van der Waals surface area contributed by atoms with Crippen molar-refractivity contribution in [3.05, 3.63) is 59.9 Å². The molecule has 0 amide bonds. The Balaban J connectivity index is 1.85. The SMILES string of the molecule is CS(C)(C)C#Cc1c(-c2ccc(C3CC3)cc2)nc2ccccn12. The van der Waals surface area contributed by atoms with Gasteiger partial charge < -0.3 is 0 Å². The van der Waals surface area contributed by atoms with Crippen molar-refractivity contribution in [1.29, 1.82) is 0 Å². The van der Waals surface area contributed by atoms with E-state index >= 15 is 0 Å². The van der Waals surface area contributed by atoms with E-state index in [0.29, 0.717) is 0 Å². The third-order valence-electron chi connectivity index (χ3n) is 4.24. The quantitative estimate of drug-likeness (QED) is 0.610. The molecule has 0 bridgehead atoms. The largest absolute Gasteiger partial charge is 0.292 e. The molecular weight excluding hydrogens is 312 g/mol. The lowest BCUT2D eigenvalue weighted by atomic mass is 10.1. The van der Waals surface area contributed by atoms with E-state index in [9.17, 15) is 0 Å². The zero-order valence-electron chi connectivity index (χ0n) is 14.4. The van der Waals surface area contributed by atoms with Crippen LogP contribution in [0.2, 0.25) is 0 Å². The van der Waals surface area contributed by atoms with Crippen molar-refractivity contribution in [2.75, 3.05) is 18.8 Å². The monoisotopic (exact) mass is 334 g/mol. The van der Waals surface area contributed by atoms with Crippen LogP contribution in [0.1, 0.15) is 30.0 Å². The lowest BCUT2D eigenvalue weighted by Crippen LogP contribution is -1.91. The average molecular weight is 334 g/mol. The highest BCUT2D eigenvalue weighted by molar-refractivity contribution is 8.35. The molecule has 2 heterocycles. The van der Waals surface area contributed by atoms with Gasteiger partial charge in [0.2, 0.25) is 0 Å². The number of aromatic nitrogens is 2. The van der Waals surface area contributed by atoms with Gasteiger partial charge in [-0.05, 0) is 66.4 Å². The number of pyridine rings is 1. The Bertz CT molecular complexity index is 945. The van der Waals surface area contributed by atoms with Crippen LogP contribution < -0.4 is 0 Å². The molecule has 2 nitrogen and oxygen atoms in total. The van der Waals surface area contributed by atoms with Gasteiger partial charge in [0.05, 0.1) is 0 Å². The Morgan fingerprint density at radius 2 is 1.79 bits per heavy atom. The van der Waals surface area contributed by atoms with Gasteiger partial charge in [-0.3, -0.25) is 4.40 Å². The molecule has 2 aromatic heterocycles. The highest BCUT2D eigenvalue weighted by Crippen LogP contribution is 2.40. The topological polar surface area (TPSA) is 17.3 Å². The molecule has 0 unspecified atom stereocenters. The second kappa shape index (κ2) is 5.72. The van der Waals surface area contributed by atoms with Gasteiger partial charge >= 0.3 is 0 Å². The van der Waals surface area contributed by atoms with Crippen LogP contribution >= 0.6 is 10.0 Å². The number of benzene rings is 1. The van der Waals surface area contributed by atoms with Crippen molar-refractivity contribution >= 4 is 15.7 Å². The van der Waals surface area contributed by atoms with Crippen LogP contribution in [0.15, 0.2) is 48.7 Å². The molecule has 0 atom stereocenters. The van der Waals surface area contributed by atoms with Crippen LogP contribution in [0, 0.1) is 11.2 Å². The van der Waals surface area contributed by atoms with Gasteiger partial charge in [0.1, 0.15) is 17.0 Å². The lowest BCUT2D eigenvalue weighted by Gasteiger charge is -2.14. The normalized spacial score (nSPS) is 15.1. The third-order valence-corrected chi connectivity index (χ3v) is 4.95. The van der Waals surface area contributed by atoms with E-state index in [2.05, 4.69) is 58.6 Å². The molecule has 1 saturated carbocycles. The van der Waals surface area contributed by atoms with E-state index in [1.165, 1.54) is 18.4 Å². The lowest BCUT2D eigenvalue weighted by molar-refractivity contribution is 1.13. The zero-order valence-corrected chi connectivity index (χ0v) is 15.2. The fourth-order valence-electron chi connectivity index (χ4n) is 2.85. The number of nitrogens with zero attached hydrogens (tertiary/aromatic N) is 2. The molecule has 0 aliphatic heterocycles. The van der Waals surface area contributed by atoms with E-state index < -0.39 is 10.0 Å². The first kappa shape index (κ1) is 15.4. The minimum absolute atomic E-state index is 0.781. The predicted octanol–water partition coefficient (Wildman–Crippen LogP) is 4.88. The van der Waals surface area contributed by atoms with Crippen molar-refractivity contribution in [1.82, 2.24) is 9.38 Å². The Labute approximate surface area is 145 Å². The Morgan fingerprint density at radius 1 is 1.04 bits per heavy atom. The summed E-state index contributed by atoms with van der Waals surface area (Å²) in [6.45, 7) is 0. The molecule has 1 aromatic carbocycles. The minimum Gasteiger partial charge on any atom is -0.292 e. The smallest absolute Gasteiger partial charge is 0.138 e. The van der Waals surface area contributed by atoms with Crippen molar-refractivity contribution in [3.8, 4) is 22.4 Å². The maximum atomic E-state index is 4.84. The first-order chi connectivity index (χ1) is 11.5. The molecule has 1 fully saturated rings. The molecule has 0 spiro atoms. The predicted molar refractivity (Wildman–Crippen MR) is 105 cm³/mol. The number of hydrogen-bond donors (Lipinski definition) is 0. The second-order valence-electron chi connectivity index (χ2n) is 7.20. The van der Waals surface area contributed by atoms with Crippen LogP contribution in [-0.2, 0) is 0 Å². The summed E-state index contributed by atoms with van der Waals surface area (Å²) in [6, 6.07) is 15.0. The number of imidazole rings is 1. The van der Waals surface area contributed by atoms with E-state index in [-0.39, 0.29) is 0 Å². The van der Waals surface area contributed by atoms with Crippen LogP contribution in [0.5, 0.6) is 0 Å². The van der Waals surface area contributed by atoms with Gasteiger partial charge in [0.15, 0.2) is 0 Å². The first-order valence-electron chi connectivity index (χ1n) is 8.30. The minimum atomic E-state index is -0.880. The number of fused-ring (bicyclic) bond motifs is 1. The van der Waals surface area contributed by atoms with Gasteiger partial charge in [-0.1, -0.05) is 30.3 Å². The van der Waals surface area contributed by atoms with Crippen molar-refractivity contribution in [2.45, 2.75) is 18.8 Å². The summed E-state index contributed by atoms with van der Waals surface area (Å²) in [5, 5.41) is 3.44. The standard InChI is InChI=1S/C21H22N2S/c1-24(2,3)15-13-19-21(22-20-6-4-5-14-23(19)20)18-11-9-17(10-12-18)16-7-8-16/h4-6,9-12,14,16H,7-8H2,1-3H3. The van der Waals surface area contributed by atoms with Gasteiger partial charge in [-0.15, -0.1) is 0 Å². The van der Waals surface area contributed by atoms with Crippen LogP contribution in [0.3, 0.4) is 0 Å². The molecule has 1 aliphatic carbocycles. The molecule has 122 valence electrons. The molecule has 1 aliphatic rings. The van der Waals surface area contributed by atoms with Crippen molar-refractivity contribution in [3.63, 3.8) is 0 Å². The fraction of sp³-hybridized carbons (Fsp3) is 0.286. The van der Waals surface area contributed by atoms with Gasteiger partial charge in [0.25, 0.3) is 0 Å². The molecule has 24 heavy (non-hydrogen) atoms. The molecule has 0 N–H and O–H groups in total. The summed E-state index contributed by atoms with van der Waals surface area (Å²) in [4.78, 5) is 4.84. The highest BCUT2D eigenvalue weighted by atomic mass is 32.3. The van der Waals surface area contributed by atoms with Crippen molar-refractivity contribution < 1.29 is 0 Å². The summed E-state index contributed by atoms with van der Waals surface area (Å²) in [6.07, 6.45) is 11.4. The number of hydrogen-bond acceptors (Lipinski definition) is 1. The molecular formula is C21H22N2S. The summed E-state index contributed by atoms with van der Waals surface area (Å²) >= 11 is 0. The molecule has 0 saturated heterocycles. The maximum absolute atomic E-state index is 4.84. The van der Waals surface area contributed by atoms with Gasteiger partial charge in [-0.25, -0.2) is 4.98 Å². The first-order valence-corrected chi connectivity index (χ1v) is 11.2. The Morgan fingerprint density at radius 3 is 2.46 bits per heavy atom. The summed E-state index contributed by atoms with van der Waals surface area (Å²) in [5.41, 5.74) is 5.53. The zero-order chi connectivity index (χ0) is 16.7. The average Bonchev–Trinajstić information content (AvgIpc) is 3.34. The van der Waals surface area contributed by atoms with Crippen molar-refractivity contribution in [2.24, 2.45) is 0 Å². The molecule has 3 aromatic rings. The van der Waals surface area contributed by atoms with Crippen LogP contribution in [-0.4, -0.2) is 28.2 Å². The molecule has 4 rings (SSSR count). The summed E-state index contributed by atoms with van der Waals surface area (Å²) in [5.74, 6) is 4.19. The highest BCUT2D eigenvalue weighted by Gasteiger charge is 2.23. The fourth-order valence-corrected chi connectivity index (χ4v) is 3.25. The Hall–Kier alpha value is -2.18. The van der Waals surface area contributed by atoms with E-state index in [0.717, 1.165) is 28.5 Å². The second-order valence-corrected chi connectivity index (χ2v) is 11.1. The van der Waals surface area contributed by atoms with Crippen LogP contribution in [0.25, 0.3) is 16.9 Å². The third kappa shape index (κ3) is 3.07. The van der Waals surface area contributed by atoms with E-state index in [1.807, 2.05) is 24.4 Å². The molecule has 3 heteroatoms.